The third kappa shape index (κ3) is 5.72. The van der Waals surface area contributed by atoms with Gasteiger partial charge in [0, 0.05) is 13.1 Å². The highest BCUT2D eigenvalue weighted by atomic mass is 79.9. The third-order valence-electron chi connectivity index (χ3n) is 4.70. The van der Waals surface area contributed by atoms with Crippen LogP contribution in [0, 0.1) is 5.92 Å². The van der Waals surface area contributed by atoms with Gasteiger partial charge in [0.05, 0.1) is 17.8 Å². The minimum absolute atomic E-state index is 0.0471. The van der Waals surface area contributed by atoms with Gasteiger partial charge in [0.1, 0.15) is 21.7 Å². The fourth-order valence-electron chi connectivity index (χ4n) is 3.16. The molecule has 3 rings (SSSR count). The van der Waals surface area contributed by atoms with Crippen LogP contribution in [0.15, 0.2) is 35.1 Å². The SMILES string of the molecule is O=C(Nc1ncc(NC(=O)[C@H]2CCCN(C(=O)O)C2)cc1C(F)(F)F)c1cccc(Br)n1. The third-order valence-corrected chi connectivity index (χ3v) is 5.14. The van der Waals surface area contributed by atoms with Gasteiger partial charge in [-0.05, 0) is 47.0 Å². The summed E-state index contributed by atoms with van der Waals surface area (Å²) in [5.74, 6) is -2.94. The van der Waals surface area contributed by atoms with E-state index in [0.29, 0.717) is 30.1 Å². The van der Waals surface area contributed by atoms with Gasteiger partial charge in [-0.3, -0.25) is 9.59 Å². The van der Waals surface area contributed by atoms with Gasteiger partial charge in [0.15, 0.2) is 0 Å². The molecule has 3 heterocycles. The lowest BCUT2D eigenvalue weighted by atomic mass is 9.97. The number of pyridine rings is 2. The quantitative estimate of drug-likeness (QED) is 0.531. The molecule has 0 spiro atoms. The van der Waals surface area contributed by atoms with Crippen molar-refractivity contribution in [3.8, 4) is 0 Å². The Balaban J connectivity index is 1.78. The van der Waals surface area contributed by atoms with Crippen molar-refractivity contribution in [1.82, 2.24) is 14.9 Å². The number of hydrogen-bond acceptors (Lipinski definition) is 5. The van der Waals surface area contributed by atoms with Crippen LogP contribution in [0.3, 0.4) is 0 Å². The molecular formula is C19H17BrF3N5O4. The van der Waals surface area contributed by atoms with Crippen molar-refractivity contribution in [3.05, 3.63) is 46.3 Å². The van der Waals surface area contributed by atoms with Gasteiger partial charge in [-0.2, -0.15) is 13.2 Å². The standard InChI is InChI=1S/C19H17BrF3N5O4/c20-14-5-1-4-13(26-14)17(30)27-15-12(19(21,22)23)7-11(8-24-15)25-16(29)10-3-2-6-28(9-10)18(31)32/h1,4-5,7-8,10H,2-3,6,9H2,(H,25,29)(H,31,32)(H,24,27,30)/t10-/m0/s1. The van der Waals surface area contributed by atoms with Gasteiger partial charge >= 0.3 is 12.3 Å². The number of carbonyl (C=O) groups excluding carboxylic acids is 2. The van der Waals surface area contributed by atoms with Crippen LogP contribution in [0.2, 0.25) is 0 Å². The van der Waals surface area contributed by atoms with Gasteiger partial charge in [-0.25, -0.2) is 14.8 Å². The highest BCUT2D eigenvalue weighted by Crippen LogP contribution is 2.35. The second kappa shape index (κ2) is 9.51. The number of halogens is 4. The Morgan fingerprint density at radius 1 is 1.22 bits per heavy atom. The zero-order chi connectivity index (χ0) is 23.5. The fraction of sp³-hybridized carbons (Fsp3) is 0.316. The van der Waals surface area contributed by atoms with E-state index in [1.165, 1.54) is 12.1 Å². The van der Waals surface area contributed by atoms with Gasteiger partial charge in [-0.1, -0.05) is 6.07 Å². The van der Waals surface area contributed by atoms with Crippen molar-refractivity contribution >= 4 is 45.3 Å². The lowest BCUT2D eigenvalue weighted by Crippen LogP contribution is -2.43. The molecule has 9 nitrogen and oxygen atoms in total. The first-order valence-electron chi connectivity index (χ1n) is 9.34. The van der Waals surface area contributed by atoms with E-state index < -0.39 is 41.4 Å². The number of carbonyl (C=O) groups is 3. The van der Waals surface area contributed by atoms with Gasteiger partial charge in [0.25, 0.3) is 5.91 Å². The van der Waals surface area contributed by atoms with Crippen molar-refractivity contribution in [2.75, 3.05) is 23.7 Å². The smallest absolute Gasteiger partial charge is 0.420 e. The highest BCUT2D eigenvalue weighted by molar-refractivity contribution is 9.10. The van der Waals surface area contributed by atoms with Crippen LogP contribution in [-0.2, 0) is 11.0 Å². The van der Waals surface area contributed by atoms with Crippen LogP contribution in [-0.4, -0.2) is 51.0 Å². The monoisotopic (exact) mass is 515 g/mol. The zero-order valence-corrected chi connectivity index (χ0v) is 17.9. The molecule has 2 aromatic heterocycles. The largest absolute Gasteiger partial charge is 0.465 e. The van der Waals surface area contributed by atoms with Gasteiger partial charge < -0.3 is 20.6 Å². The maximum Gasteiger partial charge on any atom is 0.420 e. The van der Waals surface area contributed by atoms with Gasteiger partial charge in [-0.15, -0.1) is 0 Å². The zero-order valence-electron chi connectivity index (χ0n) is 16.3. The molecule has 3 N–H and O–H groups in total. The van der Waals surface area contributed by atoms with Crippen LogP contribution in [0.1, 0.15) is 28.9 Å². The summed E-state index contributed by atoms with van der Waals surface area (Å²) in [7, 11) is 0. The number of nitrogens with one attached hydrogen (secondary N) is 2. The highest BCUT2D eigenvalue weighted by Gasteiger charge is 2.36. The van der Waals surface area contributed by atoms with Crippen molar-refractivity contribution in [1.29, 1.82) is 0 Å². The predicted molar refractivity (Wildman–Crippen MR) is 110 cm³/mol. The summed E-state index contributed by atoms with van der Waals surface area (Å²) in [5.41, 5.74) is -1.60. The number of aromatic nitrogens is 2. The molecule has 0 aliphatic carbocycles. The van der Waals surface area contributed by atoms with E-state index in [1.54, 1.807) is 6.07 Å². The van der Waals surface area contributed by atoms with Crippen LogP contribution in [0.4, 0.5) is 29.5 Å². The van der Waals surface area contributed by atoms with E-state index in [9.17, 15) is 27.6 Å². The summed E-state index contributed by atoms with van der Waals surface area (Å²) in [6.45, 7) is 0.245. The minimum Gasteiger partial charge on any atom is -0.465 e. The average molecular weight is 516 g/mol. The molecular weight excluding hydrogens is 499 g/mol. The van der Waals surface area contributed by atoms with Gasteiger partial charge in [0.2, 0.25) is 5.91 Å². The number of piperidine rings is 1. The van der Waals surface area contributed by atoms with E-state index in [2.05, 4.69) is 36.5 Å². The van der Waals surface area contributed by atoms with Crippen molar-refractivity contribution in [2.24, 2.45) is 5.92 Å². The minimum atomic E-state index is -4.87. The molecule has 32 heavy (non-hydrogen) atoms. The number of alkyl halides is 3. The van der Waals surface area contributed by atoms with E-state index in [4.69, 9.17) is 5.11 Å². The predicted octanol–water partition coefficient (Wildman–Crippen LogP) is 3.84. The Hall–Kier alpha value is -3.22. The number of carboxylic acid groups (broad SMARTS) is 1. The van der Waals surface area contributed by atoms with Crippen LogP contribution in [0.25, 0.3) is 0 Å². The Labute approximate surface area is 188 Å². The van der Waals surface area contributed by atoms with Crippen molar-refractivity contribution in [3.63, 3.8) is 0 Å². The molecule has 1 aliphatic heterocycles. The van der Waals surface area contributed by atoms with E-state index in [0.717, 1.165) is 11.1 Å². The number of nitrogens with zero attached hydrogens (tertiary/aromatic N) is 3. The number of rotatable bonds is 4. The molecule has 0 aromatic carbocycles. The first kappa shape index (κ1) is 23.4. The summed E-state index contributed by atoms with van der Waals surface area (Å²) in [6.07, 6.45) is -4.18. The topological polar surface area (TPSA) is 125 Å². The van der Waals surface area contributed by atoms with E-state index in [-0.39, 0.29) is 17.9 Å². The molecule has 1 atom stereocenters. The fourth-order valence-corrected chi connectivity index (χ4v) is 3.51. The summed E-state index contributed by atoms with van der Waals surface area (Å²) < 4.78 is 41.1. The summed E-state index contributed by atoms with van der Waals surface area (Å²) in [4.78, 5) is 44.5. The lowest BCUT2D eigenvalue weighted by molar-refractivity contribution is -0.137. The molecule has 0 bridgehead atoms. The maximum absolute atomic E-state index is 13.6. The molecule has 1 saturated heterocycles. The maximum atomic E-state index is 13.6. The lowest BCUT2D eigenvalue weighted by Gasteiger charge is -2.29. The molecule has 13 heteroatoms. The first-order valence-corrected chi connectivity index (χ1v) is 10.1. The molecule has 0 saturated carbocycles. The van der Waals surface area contributed by atoms with Crippen LogP contribution >= 0.6 is 15.9 Å². The molecule has 1 aliphatic rings. The second-order valence-electron chi connectivity index (χ2n) is 6.97. The second-order valence-corrected chi connectivity index (χ2v) is 7.79. The van der Waals surface area contributed by atoms with Crippen LogP contribution < -0.4 is 10.6 Å². The van der Waals surface area contributed by atoms with Crippen LogP contribution in [0.5, 0.6) is 0 Å². The van der Waals surface area contributed by atoms with Crippen molar-refractivity contribution in [2.45, 2.75) is 19.0 Å². The molecule has 170 valence electrons. The normalized spacial score (nSPS) is 16.4. The molecule has 0 unspecified atom stereocenters. The number of likely N-dealkylation sites (tertiary alicyclic amines) is 1. The first-order chi connectivity index (χ1) is 15.0. The Bertz CT molecular complexity index is 1050. The Morgan fingerprint density at radius 2 is 1.97 bits per heavy atom. The van der Waals surface area contributed by atoms with Crippen molar-refractivity contribution < 1.29 is 32.7 Å². The summed E-state index contributed by atoms with van der Waals surface area (Å²) >= 11 is 3.08. The average Bonchev–Trinajstić information content (AvgIpc) is 2.74. The Kier molecular flexibility index (Phi) is 6.96. The van der Waals surface area contributed by atoms with E-state index in [1.807, 2.05) is 0 Å². The summed E-state index contributed by atoms with van der Waals surface area (Å²) in [6, 6.07) is 5.04. The van der Waals surface area contributed by atoms with E-state index >= 15 is 0 Å². The number of hydrogen-bond donors (Lipinski definition) is 3. The summed E-state index contributed by atoms with van der Waals surface area (Å²) in [5, 5.41) is 13.5. The number of anilines is 2. The molecule has 1 fully saturated rings. The molecule has 2 aromatic rings. The molecule has 0 radical (unpaired) electrons. The number of amides is 3. The Morgan fingerprint density at radius 3 is 2.62 bits per heavy atom. The molecule has 3 amide bonds.